The Morgan fingerprint density at radius 2 is 1.76 bits per heavy atom. The summed E-state index contributed by atoms with van der Waals surface area (Å²) in [5, 5.41) is 9.64. The van der Waals surface area contributed by atoms with Gasteiger partial charge in [0.15, 0.2) is 0 Å². The van der Waals surface area contributed by atoms with E-state index >= 15 is 0 Å². The molecule has 1 aliphatic heterocycles. The molecule has 1 heterocycles. The van der Waals surface area contributed by atoms with Gasteiger partial charge in [0.05, 0.1) is 16.6 Å². The van der Waals surface area contributed by atoms with Crippen LogP contribution in [0.5, 0.6) is 0 Å². The average molecular weight is 360 g/mol. The Morgan fingerprint density at radius 3 is 2.24 bits per heavy atom. The summed E-state index contributed by atoms with van der Waals surface area (Å²) in [7, 11) is -0.476. The molecule has 0 aromatic heterocycles. The minimum absolute atomic E-state index is 0.419. The fraction of sp³-hybridized carbons (Fsp3) is 0.526. The first-order chi connectivity index (χ1) is 11.6. The molecule has 1 saturated heterocycles. The molecule has 0 spiro atoms. The predicted molar refractivity (Wildman–Crippen MR) is 103 cm³/mol. The number of benzene rings is 1. The highest BCUT2D eigenvalue weighted by Crippen LogP contribution is 2.50. The summed E-state index contributed by atoms with van der Waals surface area (Å²) in [5.41, 5.74) is 1.08. The summed E-state index contributed by atoms with van der Waals surface area (Å²) < 4.78 is 12.2. The van der Waals surface area contributed by atoms with Gasteiger partial charge >= 0.3 is 13.1 Å². The zero-order valence-corrected chi connectivity index (χ0v) is 16.1. The van der Waals surface area contributed by atoms with Crippen LogP contribution in [0, 0.1) is 0 Å². The molecule has 4 nitrogen and oxygen atoms in total. The van der Waals surface area contributed by atoms with Gasteiger partial charge in [-0.05, 0) is 57.1 Å². The van der Waals surface area contributed by atoms with E-state index in [9.17, 15) is 9.90 Å². The Morgan fingerprint density at radius 1 is 1.20 bits per heavy atom. The molecule has 1 N–H and O–H groups in total. The standard InChI is InChI=1S/C19H25BO4S/c1-17(2)18(3,4)24-20(23-17)14(12-25)11-13-7-5-6-8-15(13)19(9-10-19)16(21)22/h5-8,11,25H,9-10,12H2,1-4H3,(H,21,22). The molecule has 2 aliphatic rings. The van der Waals surface area contributed by atoms with Gasteiger partial charge in [0, 0.05) is 5.75 Å². The molecule has 1 aliphatic carbocycles. The highest BCUT2D eigenvalue weighted by atomic mass is 32.1. The zero-order valence-electron chi connectivity index (χ0n) is 15.2. The van der Waals surface area contributed by atoms with Gasteiger partial charge in [-0.2, -0.15) is 12.6 Å². The number of hydrogen-bond acceptors (Lipinski definition) is 4. The van der Waals surface area contributed by atoms with Crippen molar-refractivity contribution in [2.24, 2.45) is 0 Å². The maximum absolute atomic E-state index is 11.7. The molecular weight excluding hydrogens is 335 g/mol. The van der Waals surface area contributed by atoms with Crippen LogP contribution in [0.25, 0.3) is 6.08 Å². The number of thiol groups is 1. The maximum Gasteiger partial charge on any atom is 0.491 e. The van der Waals surface area contributed by atoms with Gasteiger partial charge in [-0.3, -0.25) is 4.79 Å². The topological polar surface area (TPSA) is 55.8 Å². The Hall–Kier alpha value is -1.24. The fourth-order valence-electron chi connectivity index (χ4n) is 3.16. The second kappa shape index (κ2) is 6.18. The van der Waals surface area contributed by atoms with E-state index in [0.717, 1.165) is 16.6 Å². The van der Waals surface area contributed by atoms with Crippen LogP contribution in [0.15, 0.2) is 29.7 Å². The maximum atomic E-state index is 11.7. The van der Waals surface area contributed by atoms with E-state index in [1.165, 1.54) is 0 Å². The van der Waals surface area contributed by atoms with Gasteiger partial charge in [-0.25, -0.2) is 0 Å². The summed E-state index contributed by atoms with van der Waals surface area (Å²) in [6.45, 7) is 8.06. The van der Waals surface area contributed by atoms with Crippen LogP contribution >= 0.6 is 12.6 Å². The summed E-state index contributed by atoms with van der Waals surface area (Å²) in [5.74, 6) is -0.276. The number of rotatable bonds is 5. The van der Waals surface area contributed by atoms with Crippen LogP contribution in [0.1, 0.15) is 51.7 Å². The van der Waals surface area contributed by atoms with E-state index in [1.54, 1.807) is 0 Å². The molecule has 3 rings (SSSR count). The molecule has 1 aromatic carbocycles. The van der Waals surface area contributed by atoms with E-state index in [-0.39, 0.29) is 0 Å². The van der Waals surface area contributed by atoms with Crippen LogP contribution in [0.3, 0.4) is 0 Å². The van der Waals surface area contributed by atoms with Gasteiger partial charge in [-0.1, -0.05) is 30.3 Å². The largest absolute Gasteiger partial charge is 0.491 e. The quantitative estimate of drug-likeness (QED) is 0.620. The Kier molecular flexibility index (Phi) is 4.59. The molecule has 0 atom stereocenters. The van der Waals surface area contributed by atoms with Crippen molar-refractivity contribution in [1.82, 2.24) is 0 Å². The molecule has 0 bridgehead atoms. The SMILES string of the molecule is CC1(C)OB(C(=Cc2ccccc2C2(C(=O)O)CC2)CS)OC1(C)C. The van der Waals surface area contributed by atoms with Crippen molar-refractivity contribution in [2.45, 2.75) is 57.2 Å². The Bertz CT molecular complexity index is 706. The van der Waals surface area contributed by atoms with Crippen molar-refractivity contribution in [3.8, 4) is 0 Å². The Labute approximate surface area is 155 Å². The first-order valence-corrected chi connectivity index (χ1v) is 9.26. The third-order valence-corrected chi connectivity index (χ3v) is 6.08. The molecular formula is C19H25BO4S. The predicted octanol–water partition coefficient (Wildman–Crippen LogP) is 3.75. The lowest BCUT2D eigenvalue weighted by atomic mass is 9.77. The highest BCUT2D eigenvalue weighted by Gasteiger charge is 2.54. The summed E-state index contributed by atoms with van der Waals surface area (Å²) >= 11 is 4.45. The van der Waals surface area contributed by atoms with Crippen molar-refractivity contribution >= 4 is 31.8 Å². The molecule has 6 heteroatoms. The molecule has 134 valence electrons. The summed E-state index contributed by atoms with van der Waals surface area (Å²) in [6, 6.07) is 7.68. The number of carboxylic acid groups (broad SMARTS) is 1. The van der Waals surface area contributed by atoms with Crippen LogP contribution in [0.2, 0.25) is 0 Å². The normalized spacial score (nSPS) is 23.6. The Balaban J connectivity index is 1.96. The molecule has 1 aromatic rings. The van der Waals surface area contributed by atoms with E-state index in [1.807, 2.05) is 58.0 Å². The molecule has 2 fully saturated rings. The van der Waals surface area contributed by atoms with Gasteiger partial charge in [0.2, 0.25) is 0 Å². The summed E-state index contributed by atoms with van der Waals surface area (Å²) in [4.78, 5) is 11.7. The number of carbonyl (C=O) groups is 1. The van der Waals surface area contributed by atoms with Crippen molar-refractivity contribution in [3.63, 3.8) is 0 Å². The molecule has 25 heavy (non-hydrogen) atoms. The lowest BCUT2D eigenvalue weighted by Gasteiger charge is -2.32. The van der Waals surface area contributed by atoms with Crippen LogP contribution in [-0.2, 0) is 19.5 Å². The molecule has 0 unspecified atom stereocenters. The molecule has 1 saturated carbocycles. The molecule has 0 radical (unpaired) electrons. The van der Waals surface area contributed by atoms with Gasteiger partial charge in [0.25, 0.3) is 0 Å². The van der Waals surface area contributed by atoms with E-state index in [4.69, 9.17) is 9.31 Å². The molecule has 0 amide bonds. The van der Waals surface area contributed by atoms with Crippen LogP contribution < -0.4 is 0 Å². The second-order valence-electron chi connectivity index (χ2n) is 7.94. The van der Waals surface area contributed by atoms with Gasteiger partial charge < -0.3 is 14.4 Å². The highest BCUT2D eigenvalue weighted by molar-refractivity contribution is 7.80. The lowest BCUT2D eigenvalue weighted by Crippen LogP contribution is -2.41. The number of carboxylic acids is 1. The van der Waals surface area contributed by atoms with Crippen LogP contribution in [-0.4, -0.2) is 35.1 Å². The van der Waals surface area contributed by atoms with E-state index < -0.39 is 29.7 Å². The van der Waals surface area contributed by atoms with Gasteiger partial charge in [-0.15, -0.1) is 0 Å². The van der Waals surface area contributed by atoms with E-state index in [0.29, 0.717) is 18.6 Å². The third kappa shape index (κ3) is 3.16. The van der Waals surface area contributed by atoms with E-state index in [2.05, 4.69) is 12.6 Å². The fourth-order valence-corrected chi connectivity index (χ4v) is 3.40. The van der Waals surface area contributed by atoms with Crippen molar-refractivity contribution < 1.29 is 19.2 Å². The van der Waals surface area contributed by atoms with Gasteiger partial charge in [0.1, 0.15) is 0 Å². The number of hydrogen-bond donors (Lipinski definition) is 2. The summed E-state index contributed by atoms with van der Waals surface area (Å²) in [6.07, 6.45) is 3.34. The smallest absolute Gasteiger partial charge is 0.481 e. The van der Waals surface area contributed by atoms with Crippen molar-refractivity contribution in [1.29, 1.82) is 0 Å². The second-order valence-corrected chi connectivity index (χ2v) is 8.26. The lowest BCUT2D eigenvalue weighted by molar-refractivity contribution is -0.140. The minimum atomic E-state index is -0.753. The van der Waals surface area contributed by atoms with Crippen molar-refractivity contribution in [2.75, 3.05) is 5.75 Å². The minimum Gasteiger partial charge on any atom is -0.481 e. The first-order valence-electron chi connectivity index (χ1n) is 8.63. The van der Waals surface area contributed by atoms with Crippen LogP contribution in [0.4, 0.5) is 0 Å². The zero-order chi connectivity index (χ0) is 18.5. The average Bonchev–Trinajstić information content (AvgIpc) is 3.29. The monoisotopic (exact) mass is 360 g/mol. The first kappa shape index (κ1) is 18.6. The van der Waals surface area contributed by atoms with Crippen molar-refractivity contribution in [3.05, 3.63) is 40.9 Å². The third-order valence-electron chi connectivity index (χ3n) is 5.72. The number of aliphatic carboxylic acids is 1.